The highest BCUT2D eigenvalue weighted by molar-refractivity contribution is 7.88. The number of nitrogens with one attached hydrogen (secondary N) is 2. The van der Waals surface area contributed by atoms with Gasteiger partial charge in [-0.2, -0.15) is 0 Å². The van der Waals surface area contributed by atoms with Crippen LogP contribution in [0, 0.1) is 0 Å². The summed E-state index contributed by atoms with van der Waals surface area (Å²) in [6.07, 6.45) is -0.875. The molecule has 1 aromatic rings. The zero-order valence-electron chi connectivity index (χ0n) is 9.94. The largest absolute Gasteiger partial charge is 0.449 e. The predicted octanol–water partition coefficient (Wildman–Crippen LogP) is 2.07. The molecule has 0 spiro atoms. The molecule has 0 saturated heterocycles. The van der Waals surface area contributed by atoms with Crippen LogP contribution < -0.4 is 10.3 Å². The van der Waals surface area contributed by atoms with Crippen LogP contribution in [0.4, 0.5) is 4.79 Å². The average Bonchev–Trinajstić information content (AvgIpc) is 2.32. The number of amides is 1. The number of carbonyl (C=O) groups is 1. The van der Waals surface area contributed by atoms with Crippen molar-refractivity contribution in [3.63, 3.8) is 0 Å². The summed E-state index contributed by atoms with van der Waals surface area (Å²) in [4.78, 5) is 12.8. The third-order valence-corrected chi connectivity index (χ3v) is 3.79. The topological polar surface area (TPSA) is 84.5 Å². The molecule has 6 nitrogen and oxygen atoms in total. The molecule has 0 unspecified atom stereocenters. The van der Waals surface area contributed by atoms with E-state index in [1.807, 2.05) is 10.3 Å². The Morgan fingerprint density at radius 2 is 2.00 bits per heavy atom. The van der Waals surface area contributed by atoms with Gasteiger partial charge in [-0.3, -0.25) is 0 Å². The van der Waals surface area contributed by atoms with Crippen molar-refractivity contribution in [2.45, 2.75) is 12.7 Å². The fraction of sp³-hybridized carbons (Fsp3) is 0.300. The van der Waals surface area contributed by atoms with Crippen LogP contribution in [0.25, 0.3) is 0 Å². The lowest BCUT2D eigenvalue weighted by atomic mass is 10.2. The van der Waals surface area contributed by atoms with E-state index in [1.165, 1.54) is 18.2 Å². The molecular formula is C10H12Cl2N2O4S. The summed E-state index contributed by atoms with van der Waals surface area (Å²) < 4.78 is 27.8. The molecule has 0 heterocycles. The lowest BCUT2D eigenvalue weighted by molar-refractivity contribution is 0.150. The minimum Gasteiger partial charge on any atom is -0.449 e. The number of hydrogen-bond acceptors (Lipinski definition) is 4. The number of halogens is 2. The Morgan fingerprint density at radius 3 is 2.58 bits per heavy atom. The van der Waals surface area contributed by atoms with Crippen LogP contribution >= 0.6 is 23.2 Å². The molecular weight excluding hydrogens is 315 g/mol. The number of benzene rings is 1. The molecule has 0 aliphatic carbocycles. The molecule has 0 bridgehead atoms. The minimum atomic E-state index is -3.74. The average molecular weight is 327 g/mol. The number of sulfonamides is 1. The highest BCUT2D eigenvalue weighted by Crippen LogP contribution is 2.23. The first kappa shape index (κ1) is 16.0. The van der Waals surface area contributed by atoms with Gasteiger partial charge in [-0.25, -0.2) is 18.6 Å². The quantitative estimate of drug-likeness (QED) is 0.811. The van der Waals surface area contributed by atoms with Crippen LogP contribution in [-0.2, 0) is 20.5 Å². The van der Waals surface area contributed by atoms with E-state index >= 15 is 0 Å². The Bertz CT molecular complexity index is 563. The number of rotatable bonds is 5. The molecule has 0 aliphatic heterocycles. The minimum absolute atomic E-state index is 0.139. The van der Waals surface area contributed by atoms with E-state index in [0.29, 0.717) is 10.6 Å². The van der Waals surface area contributed by atoms with Crippen molar-refractivity contribution in [3.8, 4) is 0 Å². The zero-order chi connectivity index (χ0) is 14.5. The van der Waals surface area contributed by atoms with E-state index in [1.54, 1.807) is 6.92 Å². The summed E-state index contributed by atoms with van der Waals surface area (Å²) in [7, 11) is -3.74. The van der Waals surface area contributed by atoms with Gasteiger partial charge in [0.25, 0.3) is 0 Å². The Hall–Kier alpha value is -1.02. The maximum absolute atomic E-state index is 11.6. The van der Waals surface area contributed by atoms with Crippen LogP contribution in [0.15, 0.2) is 18.2 Å². The molecule has 0 atom stereocenters. The highest BCUT2D eigenvalue weighted by atomic mass is 35.5. The Morgan fingerprint density at radius 1 is 1.32 bits per heavy atom. The highest BCUT2D eigenvalue weighted by Gasteiger charge is 2.14. The van der Waals surface area contributed by atoms with E-state index in [-0.39, 0.29) is 17.4 Å². The van der Waals surface area contributed by atoms with Gasteiger partial charge in [-0.1, -0.05) is 29.3 Å². The Labute approximate surface area is 121 Å². The number of hydrogen-bond donors (Lipinski definition) is 2. The Balaban J connectivity index is 2.64. The third kappa shape index (κ3) is 5.65. The lowest BCUT2D eigenvalue weighted by Crippen LogP contribution is -2.42. The standard InChI is InChI=1S/C10H12Cl2N2O4S/c1-2-18-10(15)13-14-19(16,17)6-7-3-4-8(11)9(12)5-7/h3-5,14H,2,6H2,1H3,(H,13,15). The van der Waals surface area contributed by atoms with Crippen molar-refractivity contribution >= 4 is 39.3 Å². The first-order chi connectivity index (χ1) is 8.84. The van der Waals surface area contributed by atoms with Crippen molar-refractivity contribution in [2.75, 3.05) is 6.61 Å². The van der Waals surface area contributed by atoms with Gasteiger partial charge in [0, 0.05) is 0 Å². The van der Waals surface area contributed by atoms with Gasteiger partial charge in [0.2, 0.25) is 10.0 Å². The SMILES string of the molecule is CCOC(=O)NNS(=O)(=O)Cc1ccc(Cl)c(Cl)c1. The lowest BCUT2D eigenvalue weighted by Gasteiger charge is -2.08. The predicted molar refractivity (Wildman–Crippen MR) is 72.4 cm³/mol. The van der Waals surface area contributed by atoms with E-state index in [0.717, 1.165) is 0 Å². The number of ether oxygens (including phenoxy) is 1. The summed E-state index contributed by atoms with van der Waals surface area (Å²) in [5, 5.41) is 0.591. The maximum Gasteiger partial charge on any atom is 0.422 e. The fourth-order valence-electron chi connectivity index (χ4n) is 1.17. The summed E-state index contributed by atoms with van der Waals surface area (Å²) in [6, 6.07) is 4.46. The molecule has 0 saturated carbocycles. The molecule has 1 amide bonds. The van der Waals surface area contributed by atoms with Gasteiger partial charge in [0.1, 0.15) is 0 Å². The van der Waals surface area contributed by atoms with Crippen LogP contribution in [0.3, 0.4) is 0 Å². The van der Waals surface area contributed by atoms with Crippen molar-refractivity contribution in [3.05, 3.63) is 33.8 Å². The van der Waals surface area contributed by atoms with E-state index in [9.17, 15) is 13.2 Å². The monoisotopic (exact) mass is 326 g/mol. The summed E-state index contributed by atoms with van der Waals surface area (Å²) in [5.74, 6) is -0.351. The van der Waals surface area contributed by atoms with Gasteiger partial charge >= 0.3 is 6.09 Å². The summed E-state index contributed by atoms with van der Waals surface area (Å²) in [6.45, 7) is 1.74. The van der Waals surface area contributed by atoms with Gasteiger partial charge in [-0.05, 0) is 24.6 Å². The maximum atomic E-state index is 11.6. The van der Waals surface area contributed by atoms with Crippen LogP contribution in [0.2, 0.25) is 10.0 Å². The molecule has 2 N–H and O–H groups in total. The first-order valence-electron chi connectivity index (χ1n) is 5.20. The molecule has 0 aromatic heterocycles. The van der Waals surface area contributed by atoms with E-state index in [4.69, 9.17) is 23.2 Å². The Kier molecular flexibility index (Phi) is 5.86. The second-order valence-corrected chi connectivity index (χ2v) is 5.99. The van der Waals surface area contributed by atoms with Crippen molar-refractivity contribution < 1.29 is 17.9 Å². The third-order valence-electron chi connectivity index (χ3n) is 1.92. The zero-order valence-corrected chi connectivity index (χ0v) is 12.3. The molecule has 9 heteroatoms. The normalized spacial score (nSPS) is 11.1. The van der Waals surface area contributed by atoms with Crippen molar-refractivity contribution in [1.82, 2.24) is 10.3 Å². The second-order valence-electron chi connectivity index (χ2n) is 3.46. The van der Waals surface area contributed by atoms with Gasteiger partial charge < -0.3 is 4.74 Å². The van der Waals surface area contributed by atoms with Crippen molar-refractivity contribution in [2.24, 2.45) is 0 Å². The molecule has 0 fully saturated rings. The van der Waals surface area contributed by atoms with Gasteiger partial charge in [0.05, 0.1) is 22.4 Å². The molecule has 106 valence electrons. The number of carbonyl (C=O) groups excluding carboxylic acids is 1. The first-order valence-corrected chi connectivity index (χ1v) is 7.61. The second kappa shape index (κ2) is 6.95. The van der Waals surface area contributed by atoms with Crippen LogP contribution in [0.1, 0.15) is 12.5 Å². The summed E-state index contributed by atoms with van der Waals surface area (Å²) >= 11 is 11.5. The smallest absolute Gasteiger partial charge is 0.422 e. The summed E-state index contributed by atoms with van der Waals surface area (Å²) in [5.41, 5.74) is 2.35. The van der Waals surface area contributed by atoms with E-state index < -0.39 is 16.1 Å². The van der Waals surface area contributed by atoms with Crippen LogP contribution in [0.5, 0.6) is 0 Å². The molecule has 1 rings (SSSR count). The molecule has 19 heavy (non-hydrogen) atoms. The van der Waals surface area contributed by atoms with Gasteiger partial charge in [0.15, 0.2) is 0 Å². The van der Waals surface area contributed by atoms with Crippen molar-refractivity contribution in [1.29, 1.82) is 0 Å². The fourth-order valence-corrected chi connectivity index (χ4v) is 2.42. The molecule has 0 aliphatic rings. The number of hydrazine groups is 1. The molecule has 0 radical (unpaired) electrons. The van der Waals surface area contributed by atoms with E-state index in [2.05, 4.69) is 4.74 Å². The van der Waals surface area contributed by atoms with Crippen LogP contribution in [-0.4, -0.2) is 21.1 Å². The van der Waals surface area contributed by atoms with Gasteiger partial charge in [-0.15, -0.1) is 4.83 Å². The molecule has 1 aromatic carbocycles.